The summed E-state index contributed by atoms with van der Waals surface area (Å²) >= 11 is 1.65. The summed E-state index contributed by atoms with van der Waals surface area (Å²) in [5, 5.41) is 14.2. The second kappa shape index (κ2) is 4.76. The minimum atomic E-state index is -0.504. The van der Waals surface area contributed by atoms with Gasteiger partial charge >= 0.3 is 0 Å². The van der Waals surface area contributed by atoms with Gasteiger partial charge in [-0.25, -0.2) is 0 Å². The van der Waals surface area contributed by atoms with Gasteiger partial charge in [0.15, 0.2) is 0 Å². The van der Waals surface area contributed by atoms with E-state index in [-0.39, 0.29) is 0 Å². The molecular formula is C13H15NOS. The molecule has 2 nitrogen and oxygen atoms in total. The first-order valence-corrected chi connectivity index (χ1v) is 6.23. The summed E-state index contributed by atoms with van der Waals surface area (Å²) in [6.45, 7) is 4.00. The van der Waals surface area contributed by atoms with Crippen LogP contribution in [-0.2, 0) is 6.42 Å². The molecule has 84 valence electrons. The van der Waals surface area contributed by atoms with E-state index in [1.807, 2.05) is 25.3 Å². The minimum Gasteiger partial charge on any atom is -0.386 e. The smallest absolute Gasteiger partial charge is 0.100 e. The van der Waals surface area contributed by atoms with Crippen molar-refractivity contribution < 1.29 is 5.11 Å². The van der Waals surface area contributed by atoms with Gasteiger partial charge in [0.25, 0.3) is 0 Å². The molecule has 1 N–H and O–H groups in total. The molecule has 0 fully saturated rings. The van der Waals surface area contributed by atoms with Crippen molar-refractivity contribution in [3.05, 3.63) is 51.5 Å². The third-order valence-electron chi connectivity index (χ3n) is 2.58. The van der Waals surface area contributed by atoms with Crippen LogP contribution in [0.2, 0.25) is 0 Å². The lowest BCUT2D eigenvalue weighted by Gasteiger charge is -2.12. The lowest BCUT2D eigenvalue weighted by atomic mass is 10.0. The van der Waals surface area contributed by atoms with Gasteiger partial charge in [-0.3, -0.25) is 4.98 Å². The molecule has 0 saturated heterocycles. The second-order valence-corrected chi connectivity index (χ2v) is 4.85. The normalized spacial score (nSPS) is 12.7. The van der Waals surface area contributed by atoms with Crippen LogP contribution in [0.5, 0.6) is 0 Å². The predicted molar refractivity (Wildman–Crippen MR) is 66.7 cm³/mol. The average molecular weight is 233 g/mol. The molecule has 0 amide bonds. The van der Waals surface area contributed by atoms with Gasteiger partial charge in [-0.05, 0) is 47.4 Å². The van der Waals surface area contributed by atoms with Crippen molar-refractivity contribution in [1.82, 2.24) is 4.98 Å². The number of thiophene rings is 1. The van der Waals surface area contributed by atoms with Gasteiger partial charge in [0.05, 0.1) is 5.69 Å². The number of pyridine rings is 1. The van der Waals surface area contributed by atoms with Gasteiger partial charge in [-0.2, -0.15) is 11.3 Å². The van der Waals surface area contributed by atoms with E-state index in [9.17, 15) is 5.11 Å². The van der Waals surface area contributed by atoms with Crippen LogP contribution in [-0.4, -0.2) is 10.1 Å². The molecule has 1 atom stereocenters. The molecule has 2 aromatic heterocycles. The Bertz CT molecular complexity index is 465. The maximum absolute atomic E-state index is 10.1. The molecule has 16 heavy (non-hydrogen) atoms. The summed E-state index contributed by atoms with van der Waals surface area (Å²) in [5.41, 5.74) is 4.14. The van der Waals surface area contributed by atoms with E-state index >= 15 is 0 Å². The quantitative estimate of drug-likeness (QED) is 0.884. The van der Waals surface area contributed by atoms with E-state index in [0.29, 0.717) is 6.42 Å². The molecule has 0 radical (unpaired) electrons. The van der Waals surface area contributed by atoms with E-state index in [2.05, 4.69) is 16.4 Å². The molecular weight excluding hydrogens is 218 g/mol. The number of nitrogens with zero attached hydrogens (tertiary/aromatic N) is 1. The zero-order valence-corrected chi connectivity index (χ0v) is 10.3. The van der Waals surface area contributed by atoms with Crippen molar-refractivity contribution >= 4 is 11.3 Å². The van der Waals surface area contributed by atoms with Crippen LogP contribution < -0.4 is 0 Å². The van der Waals surface area contributed by atoms with E-state index in [1.54, 1.807) is 17.5 Å². The van der Waals surface area contributed by atoms with Crippen LogP contribution in [0.4, 0.5) is 0 Å². The summed E-state index contributed by atoms with van der Waals surface area (Å²) < 4.78 is 0. The highest BCUT2D eigenvalue weighted by molar-refractivity contribution is 7.07. The number of aryl methyl sites for hydroxylation is 2. The summed E-state index contributed by atoms with van der Waals surface area (Å²) in [4.78, 5) is 4.31. The Kier molecular flexibility index (Phi) is 3.36. The second-order valence-electron chi connectivity index (χ2n) is 4.07. The fraction of sp³-hybridized carbons (Fsp3) is 0.308. The molecule has 0 aliphatic heterocycles. The summed E-state index contributed by atoms with van der Waals surface area (Å²) in [5.74, 6) is 0. The third kappa shape index (κ3) is 2.49. The Morgan fingerprint density at radius 3 is 2.88 bits per heavy atom. The zero-order chi connectivity index (χ0) is 11.5. The van der Waals surface area contributed by atoms with E-state index < -0.39 is 6.10 Å². The fourth-order valence-corrected chi connectivity index (χ4v) is 2.48. The maximum atomic E-state index is 10.1. The van der Waals surface area contributed by atoms with E-state index in [4.69, 9.17) is 0 Å². The van der Waals surface area contributed by atoms with Gasteiger partial charge in [0, 0.05) is 12.6 Å². The summed E-state index contributed by atoms with van der Waals surface area (Å²) in [7, 11) is 0. The highest BCUT2D eigenvalue weighted by Gasteiger charge is 2.12. The van der Waals surface area contributed by atoms with Crippen molar-refractivity contribution in [2.24, 2.45) is 0 Å². The van der Waals surface area contributed by atoms with Crippen LogP contribution in [0.15, 0.2) is 29.1 Å². The van der Waals surface area contributed by atoms with E-state index in [1.165, 1.54) is 5.56 Å². The number of aliphatic hydroxyl groups is 1. The molecule has 0 aliphatic carbocycles. The monoisotopic (exact) mass is 233 g/mol. The lowest BCUT2D eigenvalue weighted by molar-refractivity contribution is 0.173. The Morgan fingerprint density at radius 1 is 1.44 bits per heavy atom. The Morgan fingerprint density at radius 2 is 2.25 bits per heavy atom. The Balaban J connectivity index is 2.17. The van der Waals surface area contributed by atoms with Crippen LogP contribution in [0.3, 0.4) is 0 Å². The first-order chi connectivity index (χ1) is 7.66. The molecule has 2 heterocycles. The number of aliphatic hydroxyl groups excluding tert-OH is 1. The fourth-order valence-electron chi connectivity index (χ4n) is 1.80. The number of hydrogen-bond donors (Lipinski definition) is 1. The first kappa shape index (κ1) is 11.3. The van der Waals surface area contributed by atoms with Crippen LogP contribution >= 0.6 is 11.3 Å². The van der Waals surface area contributed by atoms with E-state index in [0.717, 1.165) is 16.8 Å². The maximum Gasteiger partial charge on any atom is 0.100 e. The SMILES string of the molecule is Cc1cnc(C(O)Cc2ccsc2)c(C)c1. The minimum absolute atomic E-state index is 0.504. The molecule has 1 unspecified atom stereocenters. The lowest BCUT2D eigenvalue weighted by Crippen LogP contribution is -2.06. The largest absolute Gasteiger partial charge is 0.386 e. The van der Waals surface area contributed by atoms with Crippen LogP contribution in [0.1, 0.15) is 28.5 Å². The number of hydrogen-bond acceptors (Lipinski definition) is 3. The third-order valence-corrected chi connectivity index (χ3v) is 3.31. The molecule has 0 bridgehead atoms. The van der Waals surface area contributed by atoms with Gasteiger partial charge in [-0.15, -0.1) is 0 Å². The molecule has 0 saturated carbocycles. The number of aromatic nitrogens is 1. The van der Waals surface area contributed by atoms with Gasteiger partial charge in [0.1, 0.15) is 6.10 Å². The molecule has 0 aliphatic rings. The first-order valence-electron chi connectivity index (χ1n) is 5.29. The number of rotatable bonds is 3. The molecule has 0 spiro atoms. The highest BCUT2D eigenvalue weighted by atomic mass is 32.1. The van der Waals surface area contributed by atoms with Crippen molar-refractivity contribution in [1.29, 1.82) is 0 Å². The van der Waals surface area contributed by atoms with Crippen molar-refractivity contribution in [2.75, 3.05) is 0 Å². The van der Waals surface area contributed by atoms with Crippen molar-refractivity contribution in [2.45, 2.75) is 26.4 Å². The highest BCUT2D eigenvalue weighted by Crippen LogP contribution is 2.21. The molecule has 2 aromatic rings. The Labute approximate surface area is 99.6 Å². The van der Waals surface area contributed by atoms with Gasteiger partial charge in [0.2, 0.25) is 0 Å². The average Bonchev–Trinajstić information content (AvgIpc) is 2.70. The van der Waals surface area contributed by atoms with Crippen molar-refractivity contribution in [3.63, 3.8) is 0 Å². The summed E-state index contributed by atoms with van der Waals surface area (Å²) in [6.07, 6.45) is 1.94. The van der Waals surface area contributed by atoms with Crippen LogP contribution in [0.25, 0.3) is 0 Å². The topological polar surface area (TPSA) is 33.1 Å². The van der Waals surface area contributed by atoms with Crippen LogP contribution in [0, 0.1) is 13.8 Å². The van der Waals surface area contributed by atoms with Gasteiger partial charge < -0.3 is 5.11 Å². The molecule has 3 heteroatoms. The molecule has 2 rings (SSSR count). The van der Waals surface area contributed by atoms with Crippen molar-refractivity contribution in [3.8, 4) is 0 Å². The van der Waals surface area contributed by atoms with Gasteiger partial charge in [-0.1, -0.05) is 6.07 Å². The standard InChI is InChI=1S/C13H15NOS/c1-9-5-10(2)13(14-7-9)12(15)6-11-3-4-16-8-11/h3-5,7-8,12,15H,6H2,1-2H3. The Hall–Kier alpha value is -1.19. The molecule has 0 aromatic carbocycles. The predicted octanol–water partition coefficient (Wildman–Crippen LogP) is 3.04. The zero-order valence-electron chi connectivity index (χ0n) is 9.47. The summed E-state index contributed by atoms with van der Waals surface area (Å²) in [6, 6.07) is 4.09.